The summed E-state index contributed by atoms with van der Waals surface area (Å²) in [7, 11) is 0. The number of carbonyl (C=O) groups excluding carboxylic acids is 1. The van der Waals surface area contributed by atoms with E-state index in [2.05, 4.69) is 15.9 Å². The van der Waals surface area contributed by atoms with Crippen LogP contribution < -0.4 is 10.6 Å². The molecule has 20 heavy (non-hydrogen) atoms. The SMILES string of the molecule is Cc1cccc(N2C(=O)[C@@H](N)[C@H]2c2ccc(Br)cc2)c1. The van der Waals surface area contributed by atoms with Crippen molar-refractivity contribution < 1.29 is 4.79 Å². The van der Waals surface area contributed by atoms with Crippen molar-refractivity contribution in [2.24, 2.45) is 5.73 Å². The number of nitrogens with two attached hydrogens (primary N) is 1. The standard InChI is InChI=1S/C16H15BrN2O/c1-10-3-2-4-13(9-10)19-15(14(18)16(19)20)11-5-7-12(17)8-6-11/h2-9,14-15H,18H2,1H3/t14-,15+/m0/s1. The highest BCUT2D eigenvalue weighted by molar-refractivity contribution is 9.10. The van der Waals surface area contributed by atoms with E-state index < -0.39 is 6.04 Å². The molecule has 4 heteroatoms. The van der Waals surface area contributed by atoms with Crippen LogP contribution >= 0.6 is 15.9 Å². The number of rotatable bonds is 2. The maximum Gasteiger partial charge on any atom is 0.247 e. The molecule has 102 valence electrons. The maximum atomic E-state index is 12.1. The Morgan fingerprint density at radius 1 is 1.15 bits per heavy atom. The Kier molecular flexibility index (Phi) is 3.36. The minimum atomic E-state index is -0.461. The van der Waals surface area contributed by atoms with Gasteiger partial charge in [-0.05, 0) is 42.3 Å². The van der Waals surface area contributed by atoms with Crippen LogP contribution in [0.2, 0.25) is 0 Å². The van der Waals surface area contributed by atoms with E-state index >= 15 is 0 Å². The van der Waals surface area contributed by atoms with Crippen LogP contribution in [0.5, 0.6) is 0 Å². The lowest BCUT2D eigenvalue weighted by atomic mass is 9.88. The van der Waals surface area contributed by atoms with E-state index in [9.17, 15) is 4.79 Å². The summed E-state index contributed by atoms with van der Waals surface area (Å²) in [6.45, 7) is 2.02. The van der Waals surface area contributed by atoms with Gasteiger partial charge in [0.15, 0.2) is 0 Å². The predicted octanol–water partition coefficient (Wildman–Crippen LogP) is 3.17. The third kappa shape index (κ3) is 2.15. The van der Waals surface area contributed by atoms with Gasteiger partial charge in [0.1, 0.15) is 6.04 Å². The number of halogens is 1. The van der Waals surface area contributed by atoms with Gasteiger partial charge in [-0.3, -0.25) is 4.79 Å². The van der Waals surface area contributed by atoms with Crippen LogP contribution in [0.1, 0.15) is 17.2 Å². The molecule has 0 bridgehead atoms. The highest BCUT2D eigenvalue weighted by Gasteiger charge is 2.46. The average Bonchev–Trinajstić information content (AvgIpc) is 2.45. The lowest BCUT2D eigenvalue weighted by Gasteiger charge is -2.45. The van der Waals surface area contributed by atoms with Crippen LogP contribution in [0.3, 0.4) is 0 Å². The van der Waals surface area contributed by atoms with E-state index in [0.717, 1.165) is 21.3 Å². The number of nitrogens with zero attached hydrogens (tertiary/aromatic N) is 1. The largest absolute Gasteiger partial charge is 0.318 e. The first-order chi connectivity index (χ1) is 9.58. The summed E-state index contributed by atoms with van der Waals surface area (Å²) >= 11 is 3.42. The summed E-state index contributed by atoms with van der Waals surface area (Å²) < 4.78 is 1.02. The molecule has 2 aromatic rings. The van der Waals surface area contributed by atoms with Gasteiger partial charge in [0.05, 0.1) is 6.04 Å². The monoisotopic (exact) mass is 330 g/mol. The van der Waals surface area contributed by atoms with Gasteiger partial charge >= 0.3 is 0 Å². The van der Waals surface area contributed by atoms with Gasteiger partial charge in [-0.1, -0.05) is 40.2 Å². The van der Waals surface area contributed by atoms with Crippen LogP contribution in [-0.2, 0) is 4.79 Å². The summed E-state index contributed by atoms with van der Waals surface area (Å²) in [5.74, 6) is -0.0245. The number of anilines is 1. The minimum Gasteiger partial charge on any atom is -0.318 e. The van der Waals surface area contributed by atoms with Gasteiger partial charge in [-0.15, -0.1) is 0 Å². The fraction of sp³-hybridized carbons (Fsp3) is 0.188. The molecule has 0 radical (unpaired) electrons. The molecule has 2 aromatic carbocycles. The van der Waals surface area contributed by atoms with Crippen LogP contribution in [0.4, 0.5) is 5.69 Å². The van der Waals surface area contributed by atoms with E-state index in [1.54, 1.807) is 4.90 Å². The van der Waals surface area contributed by atoms with Gasteiger partial charge in [0.2, 0.25) is 5.91 Å². The van der Waals surface area contributed by atoms with E-state index in [1.165, 1.54) is 0 Å². The molecule has 0 aliphatic carbocycles. The normalized spacial score (nSPS) is 21.8. The van der Waals surface area contributed by atoms with Crippen molar-refractivity contribution >= 4 is 27.5 Å². The first-order valence-electron chi connectivity index (χ1n) is 6.49. The Hall–Kier alpha value is -1.65. The molecule has 1 amide bonds. The van der Waals surface area contributed by atoms with E-state index in [-0.39, 0.29) is 11.9 Å². The second-order valence-corrected chi connectivity index (χ2v) is 5.99. The average molecular weight is 331 g/mol. The van der Waals surface area contributed by atoms with Gasteiger partial charge in [0, 0.05) is 10.2 Å². The number of aryl methyl sites for hydroxylation is 1. The Balaban J connectivity index is 1.97. The highest BCUT2D eigenvalue weighted by atomic mass is 79.9. The lowest BCUT2D eigenvalue weighted by molar-refractivity contribution is -0.126. The van der Waals surface area contributed by atoms with Crippen molar-refractivity contribution in [2.75, 3.05) is 4.90 Å². The van der Waals surface area contributed by atoms with Gasteiger partial charge < -0.3 is 10.6 Å². The molecular weight excluding hydrogens is 316 g/mol. The van der Waals surface area contributed by atoms with Crippen molar-refractivity contribution in [1.82, 2.24) is 0 Å². The first kappa shape index (κ1) is 13.3. The quantitative estimate of drug-likeness (QED) is 0.859. The molecule has 2 atom stereocenters. The van der Waals surface area contributed by atoms with Gasteiger partial charge in [-0.2, -0.15) is 0 Å². The smallest absolute Gasteiger partial charge is 0.247 e. The van der Waals surface area contributed by atoms with Crippen LogP contribution in [0.25, 0.3) is 0 Å². The fourth-order valence-corrected chi connectivity index (χ4v) is 2.86. The van der Waals surface area contributed by atoms with E-state index in [1.807, 2.05) is 55.5 Å². The molecule has 1 fully saturated rings. The minimum absolute atomic E-state index is 0.0245. The second kappa shape index (κ2) is 5.04. The Bertz CT molecular complexity index is 654. The molecule has 1 aliphatic rings. The van der Waals surface area contributed by atoms with Crippen molar-refractivity contribution in [1.29, 1.82) is 0 Å². The summed E-state index contributed by atoms with van der Waals surface area (Å²) in [4.78, 5) is 13.9. The van der Waals surface area contributed by atoms with Crippen LogP contribution in [-0.4, -0.2) is 11.9 Å². The zero-order chi connectivity index (χ0) is 14.3. The number of amides is 1. The summed E-state index contributed by atoms with van der Waals surface area (Å²) in [6.07, 6.45) is 0. The fourth-order valence-electron chi connectivity index (χ4n) is 2.59. The highest BCUT2D eigenvalue weighted by Crippen LogP contribution is 2.38. The zero-order valence-corrected chi connectivity index (χ0v) is 12.7. The van der Waals surface area contributed by atoms with Crippen molar-refractivity contribution in [3.05, 3.63) is 64.1 Å². The van der Waals surface area contributed by atoms with Crippen molar-refractivity contribution in [2.45, 2.75) is 19.0 Å². The molecular formula is C16H15BrN2O. The molecule has 0 spiro atoms. The number of benzene rings is 2. The van der Waals surface area contributed by atoms with Crippen molar-refractivity contribution in [3.8, 4) is 0 Å². The van der Waals surface area contributed by atoms with Crippen LogP contribution in [0, 0.1) is 6.92 Å². The number of carbonyl (C=O) groups is 1. The molecule has 2 N–H and O–H groups in total. The summed E-state index contributed by atoms with van der Waals surface area (Å²) in [5, 5.41) is 0. The third-order valence-electron chi connectivity index (χ3n) is 3.63. The molecule has 3 nitrogen and oxygen atoms in total. The molecule has 0 aromatic heterocycles. The topological polar surface area (TPSA) is 46.3 Å². The van der Waals surface area contributed by atoms with Crippen LogP contribution in [0.15, 0.2) is 53.0 Å². The zero-order valence-electron chi connectivity index (χ0n) is 11.1. The number of hydrogen-bond acceptors (Lipinski definition) is 2. The molecule has 3 rings (SSSR count). The maximum absolute atomic E-state index is 12.1. The Morgan fingerprint density at radius 3 is 2.50 bits per heavy atom. The molecule has 1 heterocycles. The summed E-state index contributed by atoms with van der Waals surface area (Å²) in [5.41, 5.74) is 9.09. The van der Waals surface area contributed by atoms with E-state index in [4.69, 9.17) is 5.73 Å². The second-order valence-electron chi connectivity index (χ2n) is 5.07. The molecule has 0 unspecified atom stereocenters. The Labute approximate surface area is 126 Å². The molecule has 0 saturated carbocycles. The summed E-state index contributed by atoms with van der Waals surface area (Å²) in [6, 6.07) is 15.3. The van der Waals surface area contributed by atoms with E-state index in [0.29, 0.717) is 0 Å². The molecule has 1 aliphatic heterocycles. The third-order valence-corrected chi connectivity index (χ3v) is 4.16. The number of hydrogen-bond donors (Lipinski definition) is 1. The van der Waals surface area contributed by atoms with Gasteiger partial charge in [0.25, 0.3) is 0 Å². The Morgan fingerprint density at radius 2 is 1.85 bits per heavy atom. The number of β-lactam (4-membered cyclic amide) rings is 1. The first-order valence-corrected chi connectivity index (χ1v) is 7.28. The molecule has 1 saturated heterocycles. The van der Waals surface area contributed by atoms with Crippen molar-refractivity contribution in [3.63, 3.8) is 0 Å². The predicted molar refractivity (Wildman–Crippen MR) is 83.5 cm³/mol. The lowest BCUT2D eigenvalue weighted by Crippen LogP contribution is -2.63. The van der Waals surface area contributed by atoms with Gasteiger partial charge in [-0.25, -0.2) is 0 Å².